The molecule has 2 aromatic carbocycles. The fraction of sp³-hybridized carbons (Fsp3) is 0.258. The lowest BCUT2D eigenvalue weighted by molar-refractivity contribution is -0.127. The zero-order valence-corrected chi connectivity index (χ0v) is 22.7. The topological polar surface area (TPSA) is 98.1 Å². The highest BCUT2D eigenvalue weighted by atomic mass is 19.1. The third kappa shape index (κ3) is 4.35. The Morgan fingerprint density at radius 3 is 2.83 bits per heavy atom. The summed E-state index contributed by atoms with van der Waals surface area (Å²) in [6.45, 7) is 6.29. The lowest BCUT2D eigenvalue weighted by Gasteiger charge is -2.32. The summed E-state index contributed by atoms with van der Waals surface area (Å²) in [4.78, 5) is 32.4. The summed E-state index contributed by atoms with van der Waals surface area (Å²) in [5, 5.41) is 3.13. The number of nitrogens with zero attached hydrogens (tertiary/aromatic N) is 6. The Kier molecular flexibility index (Phi) is 5.92. The maximum absolute atomic E-state index is 15.4. The van der Waals surface area contributed by atoms with Crippen molar-refractivity contribution in [2.45, 2.75) is 31.7 Å². The molecule has 3 aromatic heterocycles. The fourth-order valence-corrected chi connectivity index (χ4v) is 6.27. The number of fused-ring (bicyclic) bond motifs is 4. The van der Waals surface area contributed by atoms with Gasteiger partial charge in [-0.25, -0.2) is 24.3 Å². The van der Waals surface area contributed by atoms with Crippen LogP contribution in [0, 0.1) is 18.7 Å². The van der Waals surface area contributed by atoms with Crippen molar-refractivity contribution in [1.29, 1.82) is 0 Å². The van der Waals surface area contributed by atoms with Crippen LogP contribution in [0.15, 0.2) is 67.8 Å². The highest BCUT2D eigenvalue weighted by molar-refractivity contribution is 5.88. The predicted molar refractivity (Wildman–Crippen MR) is 154 cm³/mol. The van der Waals surface area contributed by atoms with Gasteiger partial charge in [0, 0.05) is 43.4 Å². The van der Waals surface area contributed by atoms with Gasteiger partial charge < -0.3 is 19.5 Å². The summed E-state index contributed by atoms with van der Waals surface area (Å²) in [7, 11) is 1.93. The molecule has 7 rings (SSSR count). The highest BCUT2D eigenvalue weighted by Gasteiger charge is 2.47. The van der Waals surface area contributed by atoms with Crippen LogP contribution in [-0.2, 0) is 11.8 Å². The molecule has 0 unspecified atom stereocenters. The Balaban J connectivity index is 1.16. The van der Waals surface area contributed by atoms with E-state index < -0.39 is 5.82 Å². The van der Waals surface area contributed by atoms with Gasteiger partial charge in [-0.1, -0.05) is 6.58 Å². The minimum absolute atomic E-state index is 0.0377. The number of likely N-dealkylation sites (tertiary alicyclic amines) is 1. The molecule has 10 heteroatoms. The molecule has 2 aliphatic rings. The summed E-state index contributed by atoms with van der Waals surface area (Å²) in [6.07, 6.45) is 6.50. The minimum atomic E-state index is -0.487. The van der Waals surface area contributed by atoms with Crippen LogP contribution in [0.2, 0.25) is 0 Å². The number of aromatic nitrogens is 5. The molecule has 3 atom stereocenters. The van der Waals surface area contributed by atoms with Crippen molar-refractivity contribution < 1.29 is 13.9 Å². The SMILES string of the molecule is C=CC(=O)N1C[C@H]2C[C@@H]1[C@H](c1ccc3ncnc(Nc4cc(C)c(Oc5ccc6c(c5)ncn6C)cc4F)c3n1)C2. The molecule has 9 nitrogen and oxygen atoms in total. The average Bonchev–Trinajstić information content (AvgIpc) is 3.70. The van der Waals surface area contributed by atoms with Crippen molar-refractivity contribution in [3.05, 3.63) is 84.8 Å². The molecule has 1 aliphatic heterocycles. The van der Waals surface area contributed by atoms with Crippen molar-refractivity contribution >= 4 is 39.5 Å². The van der Waals surface area contributed by atoms with E-state index in [1.54, 1.807) is 12.4 Å². The van der Waals surface area contributed by atoms with Crippen LogP contribution in [0.1, 0.15) is 30.0 Å². The number of anilines is 2. The average molecular weight is 550 g/mol. The van der Waals surface area contributed by atoms with E-state index in [0.29, 0.717) is 34.3 Å². The van der Waals surface area contributed by atoms with Gasteiger partial charge in [-0.05, 0) is 67.7 Å². The molecule has 1 saturated heterocycles. The van der Waals surface area contributed by atoms with Gasteiger partial charge in [0.1, 0.15) is 29.2 Å². The van der Waals surface area contributed by atoms with Crippen LogP contribution >= 0.6 is 0 Å². The van der Waals surface area contributed by atoms with Crippen LogP contribution in [-0.4, -0.2) is 47.9 Å². The van der Waals surface area contributed by atoms with Crippen molar-refractivity contribution in [2.75, 3.05) is 11.9 Å². The second kappa shape index (κ2) is 9.65. The third-order valence-electron chi connectivity index (χ3n) is 8.27. The number of amides is 1. The van der Waals surface area contributed by atoms with Gasteiger partial charge in [-0.2, -0.15) is 0 Å². The molecule has 1 amide bonds. The van der Waals surface area contributed by atoms with Gasteiger partial charge in [0.15, 0.2) is 5.82 Å². The molecular weight excluding hydrogens is 521 g/mol. The maximum atomic E-state index is 15.4. The molecule has 2 fully saturated rings. The second-order valence-corrected chi connectivity index (χ2v) is 10.9. The molecule has 1 aliphatic carbocycles. The largest absolute Gasteiger partial charge is 0.457 e. The molecule has 4 heterocycles. The molecule has 1 N–H and O–H groups in total. The number of aryl methyl sites for hydroxylation is 2. The van der Waals surface area contributed by atoms with E-state index in [1.807, 2.05) is 53.8 Å². The maximum Gasteiger partial charge on any atom is 0.246 e. The van der Waals surface area contributed by atoms with Crippen LogP contribution in [0.4, 0.5) is 15.9 Å². The smallest absolute Gasteiger partial charge is 0.246 e. The number of pyridine rings is 1. The Hall–Kier alpha value is -4.86. The minimum Gasteiger partial charge on any atom is -0.457 e. The fourth-order valence-electron chi connectivity index (χ4n) is 6.27. The van der Waals surface area contributed by atoms with Crippen molar-refractivity contribution in [1.82, 2.24) is 29.4 Å². The second-order valence-electron chi connectivity index (χ2n) is 10.9. The number of piperidine rings is 1. The highest BCUT2D eigenvalue weighted by Crippen LogP contribution is 2.47. The number of halogens is 1. The molecule has 5 aromatic rings. The molecule has 0 spiro atoms. The first-order valence-corrected chi connectivity index (χ1v) is 13.6. The lowest BCUT2D eigenvalue weighted by atomic mass is 9.94. The molecule has 0 radical (unpaired) electrons. The first-order chi connectivity index (χ1) is 19.9. The summed E-state index contributed by atoms with van der Waals surface area (Å²) in [6, 6.07) is 12.6. The van der Waals surface area contributed by atoms with Crippen molar-refractivity contribution in [3.8, 4) is 11.5 Å². The van der Waals surface area contributed by atoms with Gasteiger partial charge >= 0.3 is 0 Å². The van der Waals surface area contributed by atoms with Crippen LogP contribution in [0.25, 0.3) is 22.1 Å². The lowest BCUT2D eigenvalue weighted by Crippen LogP contribution is -2.40. The Labute approximate surface area is 235 Å². The van der Waals surface area contributed by atoms with Gasteiger partial charge in [0.25, 0.3) is 0 Å². The summed E-state index contributed by atoms with van der Waals surface area (Å²) < 4.78 is 23.3. The molecule has 41 heavy (non-hydrogen) atoms. The van der Waals surface area contributed by atoms with Crippen molar-refractivity contribution in [2.24, 2.45) is 13.0 Å². The van der Waals surface area contributed by atoms with Crippen LogP contribution < -0.4 is 10.1 Å². The van der Waals surface area contributed by atoms with Gasteiger partial charge in [-0.3, -0.25) is 4.79 Å². The van der Waals surface area contributed by atoms with Crippen LogP contribution in [0.5, 0.6) is 11.5 Å². The van der Waals surface area contributed by atoms with E-state index in [2.05, 4.69) is 26.8 Å². The van der Waals surface area contributed by atoms with E-state index in [0.717, 1.165) is 41.7 Å². The van der Waals surface area contributed by atoms with Gasteiger partial charge in [0.05, 0.1) is 28.6 Å². The number of imidazole rings is 1. The first-order valence-electron chi connectivity index (χ1n) is 13.6. The zero-order valence-electron chi connectivity index (χ0n) is 22.7. The zero-order chi connectivity index (χ0) is 28.2. The number of ether oxygens (including phenoxy) is 1. The van der Waals surface area contributed by atoms with E-state index in [9.17, 15) is 4.79 Å². The van der Waals surface area contributed by atoms with Crippen LogP contribution in [0.3, 0.4) is 0 Å². The number of carbonyl (C=O) groups excluding carboxylic acids is 1. The third-order valence-corrected chi connectivity index (χ3v) is 8.27. The van der Waals surface area contributed by atoms with Gasteiger partial charge in [0.2, 0.25) is 5.91 Å². The Morgan fingerprint density at radius 1 is 1.12 bits per heavy atom. The standard InChI is InChI=1S/C31H28FN7O2/c1-4-29(40)39-14-18-10-20(27(39)11-18)22-6-7-23-30(36-22)31(34-15-33-23)37-24-9-17(2)28(13-21(24)32)41-19-5-8-26-25(12-19)35-16-38(26)3/h4-9,12-13,15-16,18,20,27H,1,10-11,14H2,2-3H3,(H,33,34,37)/t18-,20+,27-/m1/s1. The number of benzene rings is 2. The van der Waals surface area contributed by atoms with E-state index in [1.165, 1.54) is 18.5 Å². The number of carbonyl (C=O) groups is 1. The van der Waals surface area contributed by atoms with Crippen molar-refractivity contribution in [3.63, 3.8) is 0 Å². The normalized spacial score (nSPS) is 19.7. The first kappa shape index (κ1) is 25.1. The Bertz CT molecular complexity index is 1850. The predicted octanol–water partition coefficient (Wildman–Crippen LogP) is 5.79. The molecule has 1 saturated carbocycles. The van der Waals surface area contributed by atoms with E-state index in [-0.39, 0.29) is 23.6 Å². The number of hydrogen-bond donors (Lipinski definition) is 1. The van der Waals surface area contributed by atoms with E-state index in [4.69, 9.17) is 9.72 Å². The number of rotatable bonds is 6. The monoisotopic (exact) mass is 549 g/mol. The van der Waals surface area contributed by atoms with E-state index >= 15 is 4.39 Å². The quantitative estimate of drug-likeness (QED) is 0.268. The summed E-state index contributed by atoms with van der Waals surface area (Å²) in [5.41, 5.74) is 4.87. The summed E-state index contributed by atoms with van der Waals surface area (Å²) in [5.74, 6) is 1.45. The number of nitrogens with one attached hydrogen (secondary N) is 1. The molecule has 206 valence electrons. The molecule has 2 bridgehead atoms. The number of hydrogen-bond acceptors (Lipinski definition) is 7. The molecular formula is C31H28FN7O2. The Morgan fingerprint density at radius 2 is 2.00 bits per heavy atom. The summed E-state index contributed by atoms with van der Waals surface area (Å²) >= 11 is 0. The van der Waals surface area contributed by atoms with Gasteiger partial charge in [-0.15, -0.1) is 0 Å².